The highest BCUT2D eigenvalue weighted by molar-refractivity contribution is 7.89. The van der Waals surface area contributed by atoms with Gasteiger partial charge in [0.15, 0.2) is 0 Å². The van der Waals surface area contributed by atoms with Crippen LogP contribution in [0.5, 0.6) is 5.88 Å². The first-order valence-electron chi connectivity index (χ1n) is 15.5. The maximum absolute atomic E-state index is 13.9. The lowest BCUT2D eigenvalue weighted by Gasteiger charge is -2.25. The second-order valence-corrected chi connectivity index (χ2v) is 13.6. The van der Waals surface area contributed by atoms with Crippen molar-refractivity contribution in [3.05, 3.63) is 101 Å². The predicted molar refractivity (Wildman–Crippen MR) is 173 cm³/mol. The van der Waals surface area contributed by atoms with Crippen LogP contribution in [0.2, 0.25) is 0 Å². The van der Waals surface area contributed by atoms with E-state index in [0.29, 0.717) is 18.7 Å². The summed E-state index contributed by atoms with van der Waals surface area (Å²) >= 11 is 0. The first kappa shape index (κ1) is 31.4. The van der Waals surface area contributed by atoms with Gasteiger partial charge in [0.05, 0.1) is 24.2 Å². The number of nitrogens with zero attached hydrogens (tertiary/aromatic N) is 7. The van der Waals surface area contributed by atoms with E-state index in [0.717, 1.165) is 38.9 Å². The summed E-state index contributed by atoms with van der Waals surface area (Å²) in [4.78, 5) is 26.3. The molecule has 0 amide bonds. The molecule has 0 bridgehead atoms. The van der Waals surface area contributed by atoms with Gasteiger partial charge in [-0.25, -0.2) is 18.1 Å². The molecule has 0 radical (unpaired) electrons. The Balaban J connectivity index is 1.40. The van der Waals surface area contributed by atoms with Crippen LogP contribution in [-0.2, 0) is 34.3 Å². The van der Waals surface area contributed by atoms with Gasteiger partial charge in [-0.1, -0.05) is 36.4 Å². The molecule has 0 unspecified atom stereocenters. The van der Waals surface area contributed by atoms with Gasteiger partial charge in [0.25, 0.3) is 0 Å². The number of rotatable bonds is 10. The number of carbonyl (C=O) groups excluding carboxylic acids is 1. The summed E-state index contributed by atoms with van der Waals surface area (Å²) in [6, 6.07) is 13.3. The lowest BCUT2D eigenvalue weighted by molar-refractivity contribution is -0.118. The lowest BCUT2D eigenvalue weighted by Crippen LogP contribution is -2.36. The van der Waals surface area contributed by atoms with E-state index in [2.05, 4.69) is 31.3 Å². The third-order valence-corrected chi connectivity index (χ3v) is 10.5. The van der Waals surface area contributed by atoms with Crippen LogP contribution in [-0.4, -0.2) is 61.1 Å². The molecule has 46 heavy (non-hydrogen) atoms. The van der Waals surface area contributed by atoms with Crippen LogP contribution in [0.4, 0.5) is 0 Å². The number of ether oxygens (including phenoxy) is 1. The standard InChI is InChI=1S/C34H37N7O4S/c1-5-28-21-40(46(43,44)32-8-7-13-37-34(32)45-28)20-25-16-24(10-9-22(25)3)30(18-27(42)17-26-19-35-14-15-36-26)29-11-12-31-33(23(29)4)38-39-41(31)6-2/h7-16,19,28,30H,5-6,17-18,20-21H2,1-4H3/t28-,30+/m1/s1. The maximum atomic E-state index is 13.9. The minimum atomic E-state index is -3.89. The van der Waals surface area contributed by atoms with Gasteiger partial charge in [-0.05, 0) is 73.2 Å². The van der Waals surface area contributed by atoms with Crippen molar-refractivity contribution in [2.45, 2.75) is 77.0 Å². The molecule has 0 N–H and O–H groups in total. The van der Waals surface area contributed by atoms with Gasteiger partial charge in [-0.15, -0.1) is 5.10 Å². The smallest absolute Gasteiger partial charge is 0.248 e. The van der Waals surface area contributed by atoms with Gasteiger partial charge in [0.2, 0.25) is 15.9 Å². The lowest BCUT2D eigenvalue weighted by atomic mass is 9.82. The van der Waals surface area contributed by atoms with E-state index in [1.54, 1.807) is 30.7 Å². The minimum Gasteiger partial charge on any atom is -0.472 e. The molecule has 1 aliphatic heterocycles. The maximum Gasteiger partial charge on any atom is 0.248 e. The number of hydrogen-bond donors (Lipinski definition) is 0. The molecule has 0 aliphatic carbocycles. The molecule has 0 spiro atoms. The van der Waals surface area contributed by atoms with E-state index >= 15 is 0 Å². The van der Waals surface area contributed by atoms with E-state index in [4.69, 9.17) is 4.74 Å². The Morgan fingerprint density at radius 1 is 1.07 bits per heavy atom. The van der Waals surface area contributed by atoms with Crippen molar-refractivity contribution in [2.75, 3.05) is 6.54 Å². The van der Waals surface area contributed by atoms with Gasteiger partial charge < -0.3 is 4.74 Å². The van der Waals surface area contributed by atoms with Crippen LogP contribution in [0.1, 0.15) is 66.1 Å². The summed E-state index contributed by atoms with van der Waals surface area (Å²) in [5, 5.41) is 8.77. The van der Waals surface area contributed by atoms with Crippen LogP contribution in [0.25, 0.3) is 11.0 Å². The molecule has 1 aliphatic rings. The third-order valence-electron chi connectivity index (χ3n) is 8.70. The number of aryl methyl sites for hydroxylation is 3. The number of benzene rings is 2. The molecule has 0 saturated heterocycles. The number of aromatic nitrogens is 6. The Hall–Kier alpha value is -4.55. The summed E-state index contributed by atoms with van der Waals surface area (Å²) in [6.45, 7) is 9.02. The zero-order valence-corrected chi connectivity index (χ0v) is 27.2. The molecular formula is C34H37N7O4S. The molecule has 4 heterocycles. The molecule has 0 fully saturated rings. The second-order valence-electron chi connectivity index (χ2n) is 11.7. The largest absolute Gasteiger partial charge is 0.472 e. The normalized spacial score (nSPS) is 16.8. The van der Waals surface area contributed by atoms with E-state index in [1.807, 2.05) is 56.6 Å². The van der Waals surface area contributed by atoms with Crippen molar-refractivity contribution in [3.63, 3.8) is 0 Å². The van der Waals surface area contributed by atoms with Gasteiger partial charge >= 0.3 is 0 Å². The minimum absolute atomic E-state index is 0.0199. The molecule has 2 atom stereocenters. The topological polar surface area (TPSA) is 133 Å². The molecule has 6 rings (SSSR count). The summed E-state index contributed by atoms with van der Waals surface area (Å²) in [6.07, 6.45) is 6.99. The molecule has 3 aromatic heterocycles. The highest BCUT2D eigenvalue weighted by atomic mass is 32.2. The van der Waals surface area contributed by atoms with Crippen LogP contribution < -0.4 is 4.74 Å². The van der Waals surface area contributed by atoms with Crippen molar-refractivity contribution in [2.24, 2.45) is 0 Å². The number of Topliss-reactive ketones (excluding diaryl/α,β-unsaturated/α-hetero) is 1. The number of hydrogen-bond acceptors (Lipinski definition) is 9. The highest BCUT2D eigenvalue weighted by Crippen LogP contribution is 2.36. The molecule has 12 heteroatoms. The molecule has 0 saturated carbocycles. The summed E-state index contributed by atoms with van der Waals surface area (Å²) in [5.74, 6) is -0.154. The Morgan fingerprint density at radius 2 is 1.91 bits per heavy atom. The number of sulfonamides is 1. The Bertz CT molecular complexity index is 2000. The number of carbonyl (C=O) groups is 1. The number of fused-ring (bicyclic) bond motifs is 2. The van der Waals surface area contributed by atoms with E-state index in [1.165, 1.54) is 10.5 Å². The van der Waals surface area contributed by atoms with Gasteiger partial charge in [0.1, 0.15) is 22.3 Å². The van der Waals surface area contributed by atoms with Gasteiger partial charge in [-0.2, -0.15) is 4.31 Å². The number of ketones is 1. The monoisotopic (exact) mass is 639 g/mol. The zero-order chi connectivity index (χ0) is 32.4. The Morgan fingerprint density at radius 3 is 2.67 bits per heavy atom. The predicted octanol–water partition coefficient (Wildman–Crippen LogP) is 4.95. The van der Waals surface area contributed by atoms with Crippen molar-refractivity contribution < 1.29 is 17.9 Å². The molecule has 5 aromatic rings. The Labute approximate surface area is 268 Å². The van der Waals surface area contributed by atoms with Gasteiger partial charge in [-0.3, -0.25) is 14.8 Å². The fourth-order valence-electron chi connectivity index (χ4n) is 6.08. The first-order valence-corrected chi connectivity index (χ1v) is 16.9. The fourth-order valence-corrected chi connectivity index (χ4v) is 7.60. The van der Waals surface area contributed by atoms with Crippen molar-refractivity contribution in [1.82, 2.24) is 34.3 Å². The molecule has 2 aromatic carbocycles. The third kappa shape index (κ3) is 6.14. The van der Waals surface area contributed by atoms with Crippen LogP contribution in [0, 0.1) is 13.8 Å². The van der Waals surface area contributed by atoms with Crippen LogP contribution >= 0.6 is 0 Å². The molecule has 11 nitrogen and oxygen atoms in total. The average molecular weight is 640 g/mol. The van der Waals surface area contributed by atoms with Crippen molar-refractivity contribution in [3.8, 4) is 5.88 Å². The molecule has 238 valence electrons. The quantitative estimate of drug-likeness (QED) is 0.208. The SMILES string of the molecule is CC[C@@H]1CN(Cc2cc([C@H](CC(=O)Cc3cnccn3)c3ccc4c(nnn4CC)c3C)ccc2C)S(=O)(=O)c2cccnc2O1. The van der Waals surface area contributed by atoms with E-state index in [9.17, 15) is 13.2 Å². The fraction of sp³-hybridized carbons (Fsp3) is 0.353. The van der Waals surface area contributed by atoms with Crippen LogP contribution in [0.3, 0.4) is 0 Å². The molecular weight excluding hydrogens is 602 g/mol. The average Bonchev–Trinajstić information content (AvgIpc) is 3.45. The van der Waals surface area contributed by atoms with E-state index in [-0.39, 0.29) is 54.5 Å². The zero-order valence-electron chi connectivity index (χ0n) is 26.4. The number of pyridine rings is 1. The van der Waals surface area contributed by atoms with Crippen molar-refractivity contribution >= 4 is 26.8 Å². The first-order chi connectivity index (χ1) is 22.2. The highest BCUT2D eigenvalue weighted by Gasteiger charge is 2.35. The van der Waals surface area contributed by atoms with Crippen molar-refractivity contribution in [1.29, 1.82) is 0 Å². The summed E-state index contributed by atoms with van der Waals surface area (Å²) < 4.78 is 37.1. The van der Waals surface area contributed by atoms with Gasteiger partial charge in [0, 0.05) is 50.2 Å². The van der Waals surface area contributed by atoms with Crippen LogP contribution in [0.15, 0.2) is 72.1 Å². The second kappa shape index (κ2) is 13.1. The Kier molecular flexibility index (Phi) is 8.92. The summed E-state index contributed by atoms with van der Waals surface area (Å²) in [5.41, 5.74) is 6.99. The summed E-state index contributed by atoms with van der Waals surface area (Å²) in [7, 11) is -3.89. The van der Waals surface area contributed by atoms with E-state index < -0.39 is 10.0 Å².